The second-order valence-corrected chi connectivity index (χ2v) is 7.69. The first-order valence-corrected chi connectivity index (χ1v) is 10.4. The summed E-state index contributed by atoms with van der Waals surface area (Å²) in [6.45, 7) is 7.73. The van der Waals surface area contributed by atoms with Crippen LogP contribution in [0.2, 0.25) is 0 Å². The Bertz CT molecular complexity index is 958. The van der Waals surface area contributed by atoms with Gasteiger partial charge in [-0.2, -0.15) is 0 Å². The molecule has 0 atom stereocenters. The number of nitrogens with one attached hydrogen (secondary N) is 1. The Morgan fingerprint density at radius 3 is 2.27 bits per heavy atom. The van der Waals surface area contributed by atoms with E-state index in [1.165, 1.54) is 11.1 Å². The maximum Gasteiger partial charge on any atom is 0.251 e. The summed E-state index contributed by atoms with van der Waals surface area (Å²) >= 11 is 0. The van der Waals surface area contributed by atoms with Crippen LogP contribution in [0.4, 0.5) is 0 Å². The summed E-state index contributed by atoms with van der Waals surface area (Å²) in [5.41, 5.74) is 4.20. The SMILES string of the molecule is Cc1nccn1Cc1ccc(CNC(=O)c2ccc(CN3CCOCC3)cc2)cc1. The zero-order valence-electron chi connectivity index (χ0n) is 17.4. The summed E-state index contributed by atoms with van der Waals surface area (Å²) in [4.78, 5) is 19.1. The van der Waals surface area contributed by atoms with E-state index in [2.05, 4.69) is 44.0 Å². The molecule has 1 N–H and O–H groups in total. The van der Waals surface area contributed by atoms with E-state index in [0.717, 1.165) is 50.8 Å². The second kappa shape index (κ2) is 9.69. The molecule has 1 amide bonds. The first kappa shape index (κ1) is 20.3. The second-order valence-electron chi connectivity index (χ2n) is 7.69. The highest BCUT2D eigenvalue weighted by Crippen LogP contribution is 2.11. The lowest BCUT2D eigenvalue weighted by Gasteiger charge is -2.26. The number of hydrogen-bond donors (Lipinski definition) is 1. The van der Waals surface area contributed by atoms with E-state index in [4.69, 9.17) is 4.74 Å². The molecule has 6 heteroatoms. The van der Waals surface area contributed by atoms with Gasteiger partial charge in [-0.3, -0.25) is 9.69 Å². The Morgan fingerprint density at radius 2 is 1.60 bits per heavy atom. The molecule has 1 aliphatic rings. The third-order valence-electron chi connectivity index (χ3n) is 5.48. The van der Waals surface area contributed by atoms with Crippen LogP contribution in [0.5, 0.6) is 0 Å². The number of aryl methyl sites for hydroxylation is 1. The van der Waals surface area contributed by atoms with Crippen LogP contribution in [0.25, 0.3) is 0 Å². The number of imidazole rings is 1. The normalized spacial score (nSPS) is 14.6. The van der Waals surface area contributed by atoms with Crippen molar-refractivity contribution in [2.24, 2.45) is 0 Å². The van der Waals surface area contributed by atoms with Crippen molar-refractivity contribution in [3.8, 4) is 0 Å². The van der Waals surface area contributed by atoms with Crippen molar-refractivity contribution < 1.29 is 9.53 Å². The predicted octanol–water partition coefficient (Wildman–Crippen LogP) is 3.00. The summed E-state index contributed by atoms with van der Waals surface area (Å²) < 4.78 is 7.50. The Kier molecular flexibility index (Phi) is 6.57. The minimum absolute atomic E-state index is 0.0500. The number of ether oxygens (including phenoxy) is 1. The molecule has 1 aliphatic heterocycles. The minimum Gasteiger partial charge on any atom is -0.379 e. The first-order chi connectivity index (χ1) is 14.7. The van der Waals surface area contributed by atoms with Crippen LogP contribution in [0, 0.1) is 6.92 Å². The van der Waals surface area contributed by atoms with E-state index in [1.807, 2.05) is 43.6 Å². The van der Waals surface area contributed by atoms with Crippen molar-refractivity contribution >= 4 is 5.91 Å². The van der Waals surface area contributed by atoms with Crippen LogP contribution in [0.1, 0.15) is 32.9 Å². The topological polar surface area (TPSA) is 59.4 Å². The summed E-state index contributed by atoms with van der Waals surface area (Å²) in [5, 5.41) is 3.01. The summed E-state index contributed by atoms with van der Waals surface area (Å²) in [5.74, 6) is 0.952. The molecule has 3 aromatic rings. The van der Waals surface area contributed by atoms with E-state index in [0.29, 0.717) is 12.1 Å². The van der Waals surface area contributed by atoms with E-state index in [-0.39, 0.29) is 5.91 Å². The predicted molar refractivity (Wildman–Crippen MR) is 116 cm³/mol. The fourth-order valence-electron chi connectivity index (χ4n) is 3.59. The van der Waals surface area contributed by atoms with Crippen molar-refractivity contribution in [1.29, 1.82) is 0 Å². The number of carbonyl (C=O) groups excluding carboxylic acids is 1. The number of nitrogens with zero attached hydrogens (tertiary/aromatic N) is 3. The van der Waals surface area contributed by atoms with Gasteiger partial charge in [-0.25, -0.2) is 4.98 Å². The van der Waals surface area contributed by atoms with Gasteiger partial charge >= 0.3 is 0 Å². The van der Waals surface area contributed by atoms with Gasteiger partial charge in [0, 0.05) is 50.7 Å². The molecule has 30 heavy (non-hydrogen) atoms. The number of morpholine rings is 1. The number of hydrogen-bond acceptors (Lipinski definition) is 4. The number of rotatable bonds is 7. The summed E-state index contributed by atoms with van der Waals surface area (Å²) in [6.07, 6.45) is 3.80. The van der Waals surface area contributed by atoms with Gasteiger partial charge in [-0.15, -0.1) is 0 Å². The molecular weight excluding hydrogens is 376 g/mol. The zero-order valence-corrected chi connectivity index (χ0v) is 17.4. The van der Waals surface area contributed by atoms with Crippen LogP contribution < -0.4 is 5.32 Å². The van der Waals surface area contributed by atoms with Crippen LogP contribution in [-0.4, -0.2) is 46.7 Å². The molecule has 0 aliphatic carbocycles. The van der Waals surface area contributed by atoms with Crippen LogP contribution in [0.3, 0.4) is 0 Å². The maximum absolute atomic E-state index is 12.5. The lowest BCUT2D eigenvalue weighted by Crippen LogP contribution is -2.35. The van der Waals surface area contributed by atoms with E-state index in [1.54, 1.807) is 0 Å². The Hall–Kier alpha value is -2.96. The molecule has 1 aromatic heterocycles. The molecule has 2 heterocycles. The average molecular weight is 405 g/mol. The summed E-state index contributed by atoms with van der Waals surface area (Å²) in [7, 11) is 0. The molecule has 0 unspecified atom stereocenters. The molecule has 1 fully saturated rings. The number of carbonyl (C=O) groups is 1. The monoisotopic (exact) mass is 404 g/mol. The average Bonchev–Trinajstić information content (AvgIpc) is 3.18. The molecule has 4 rings (SSSR count). The molecule has 1 saturated heterocycles. The highest BCUT2D eigenvalue weighted by atomic mass is 16.5. The zero-order chi connectivity index (χ0) is 20.8. The van der Waals surface area contributed by atoms with Gasteiger partial charge < -0.3 is 14.6 Å². The first-order valence-electron chi connectivity index (χ1n) is 10.4. The number of aromatic nitrogens is 2. The lowest BCUT2D eigenvalue weighted by molar-refractivity contribution is 0.0342. The van der Waals surface area contributed by atoms with Gasteiger partial charge in [0.25, 0.3) is 5.91 Å². The minimum atomic E-state index is -0.0500. The van der Waals surface area contributed by atoms with Crippen LogP contribution in [-0.2, 0) is 24.4 Å². The van der Waals surface area contributed by atoms with Crippen molar-refractivity contribution in [3.05, 3.63) is 89.0 Å². The molecule has 6 nitrogen and oxygen atoms in total. The standard InChI is InChI=1S/C24H28N4O2/c1-19-25-10-11-28(19)18-22-4-2-20(3-5-22)16-26-24(29)23-8-6-21(7-9-23)17-27-12-14-30-15-13-27/h2-11H,12-18H2,1H3,(H,26,29). The smallest absolute Gasteiger partial charge is 0.251 e. The van der Waals surface area contributed by atoms with E-state index in [9.17, 15) is 4.79 Å². The Labute approximate surface area is 177 Å². The lowest BCUT2D eigenvalue weighted by atomic mass is 10.1. The fraction of sp³-hybridized carbons (Fsp3) is 0.333. The van der Waals surface area contributed by atoms with Crippen molar-refractivity contribution in [3.63, 3.8) is 0 Å². The molecular formula is C24H28N4O2. The molecule has 0 bridgehead atoms. The Morgan fingerprint density at radius 1 is 0.967 bits per heavy atom. The quantitative estimate of drug-likeness (QED) is 0.658. The third-order valence-corrected chi connectivity index (χ3v) is 5.48. The molecule has 2 aromatic carbocycles. The van der Waals surface area contributed by atoms with Gasteiger partial charge in [0.05, 0.1) is 13.2 Å². The van der Waals surface area contributed by atoms with E-state index < -0.39 is 0 Å². The van der Waals surface area contributed by atoms with Crippen molar-refractivity contribution in [1.82, 2.24) is 19.8 Å². The molecule has 0 spiro atoms. The maximum atomic E-state index is 12.5. The largest absolute Gasteiger partial charge is 0.379 e. The van der Waals surface area contributed by atoms with E-state index >= 15 is 0 Å². The van der Waals surface area contributed by atoms with Gasteiger partial charge in [-0.05, 0) is 35.7 Å². The molecule has 0 radical (unpaired) electrons. The van der Waals surface area contributed by atoms with Gasteiger partial charge in [0.1, 0.15) is 5.82 Å². The van der Waals surface area contributed by atoms with Crippen molar-refractivity contribution in [2.45, 2.75) is 26.6 Å². The number of benzene rings is 2. The molecule has 0 saturated carbocycles. The highest BCUT2D eigenvalue weighted by Gasteiger charge is 2.11. The molecule has 156 valence electrons. The van der Waals surface area contributed by atoms with Gasteiger partial charge in [0.15, 0.2) is 0 Å². The Balaban J connectivity index is 1.27. The van der Waals surface area contributed by atoms with Crippen LogP contribution >= 0.6 is 0 Å². The number of amides is 1. The third kappa shape index (κ3) is 5.34. The van der Waals surface area contributed by atoms with Crippen molar-refractivity contribution in [2.75, 3.05) is 26.3 Å². The van der Waals surface area contributed by atoms with Gasteiger partial charge in [0.2, 0.25) is 0 Å². The summed E-state index contributed by atoms with van der Waals surface area (Å²) in [6, 6.07) is 16.2. The van der Waals surface area contributed by atoms with Gasteiger partial charge in [-0.1, -0.05) is 36.4 Å². The fourth-order valence-corrected chi connectivity index (χ4v) is 3.59. The van der Waals surface area contributed by atoms with Crippen LogP contribution in [0.15, 0.2) is 60.9 Å². The highest BCUT2D eigenvalue weighted by molar-refractivity contribution is 5.94.